The second-order valence-corrected chi connectivity index (χ2v) is 5.21. The van der Waals surface area contributed by atoms with E-state index in [1.165, 1.54) is 0 Å². The number of rotatable bonds is 1. The molecule has 0 aromatic rings. The lowest BCUT2D eigenvalue weighted by molar-refractivity contribution is -0.124. The molecule has 3 unspecified atom stereocenters. The fourth-order valence-electron chi connectivity index (χ4n) is 3.41. The molecule has 0 radical (unpaired) electrons. The first-order valence-electron chi connectivity index (χ1n) is 5.89. The first-order valence-corrected chi connectivity index (χ1v) is 5.89. The molecule has 3 fully saturated rings. The highest BCUT2D eigenvalue weighted by atomic mass is 16.5. The van der Waals surface area contributed by atoms with Crippen LogP contribution in [0.5, 0.6) is 0 Å². The van der Waals surface area contributed by atoms with Crippen LogP contribution in [0.1, 0.15) is 32.1 Å². The van der Waals surface area contributed by atoms with E-state index in [2.05, 4.69) is 0 Å². The van der Waals surface area contributed by atoms with Gasteiger partial charge in [0.15, 0.2) is 0 Å². The van der Waals surface area contributed by atoms with E-state index >= 15 is 0 Å². The highest BCUT2D eigenvalue weighted by Gasteiger charge is 2.60. The maximum Gasteiger partial charge on any atom is 0.0896 e. The number of hydrogen-bond donors (Lipinski definition) is 2. The van der Waals surface area contributed by atoms with Gasteiger partial charge in [0.2, 0.25) is 0 Å². The molecular weight excluding hydrogens is 194 g/mol. The molecule has 0 spiro atoms. The van der Waals surface area contributed by atoms with Crippen LogP contribution in [-0.4, -0.2) is 41.7 Å². The zero-order valence-electron chi connectivity index (χ0n) is 8.95. The lowest BCUT2D eigenvalue weighted by Gasteiger charge is -2.47. The Bertz CT molecular complexity index is 265. The van der Waals surface area contributed by atoms with E-state index in [9.17, 15) is 5.11 Å². The molecule has 86 valence electrons. The Labute approximate surface area is 89.7 Å². The summed E-state index contributed by atoms with van der Waals surface area (Å²) in [5.74, 6) is 0. The summed E-state index contributed by atoms with van der Waals surface area (Å²) in [5.41, 5.74) is 5.12. The summed E-state index contributed by atoms with van der Waals surface area (Å²) in [4.78, 5) is 0. The molecule has 3 N–H and O–H groups in total. The van der Waals surface area contributed by atoms with Crippen molar-refractivity contribution in [2.45, 2.75) is 55.5 Å². The van der Waals surface area contributed by atoms with E-state index < -0.39 is 11.1 Å². The Morgan fingerprint density at radius 2 is 1.93 bits per heavy atom. The minimum absolute atomic E-state index is 0.0607. The lowest BCUT2D eigenvalue weighted by Crippen LogP contribution is -2.67. The minimum atomic E-state index is -0.773. The quantitative estimate of drug-likeness (QED) is 0.652. The zero-order chi connectivity index (χ0) is 10.5. The van der Waals surface area contributed by atoms with Gasteiger partial charge in [-0.05, 0) is 19.3 Å². The average molecular weight is 213 g/mol. The molecule has 3 aliphatic rings. The molecule has 4 nitrogen and oxygen atoms in total. The van der Waals surface area contributed by atoms with Crippen molar-refractivity contribution in [3.8, 4) is 0 Å². The Morgan fingerprint density at radius 1 is 1.20 bits per heavy atom. The molecule has 3 rings (SSSR count). The highest BCUT2D eigenvalue weighted by molar-refractivity contribution is 5.15. The summed E-state index contributed by atoms with van der Waals surface area (Å²) in [6.45, 7) is 1.24. The maximum atomic E-state index is 10.7. The molecule has 3 atom stereocenters. The summed E-state index contributed by atoms with van der Waals surface area (Å²) in [6, 6.07) is 0. The molecule has 3 saturated heterocycles. The van der Waals surface area contributed by atoms with E-state index in [4.69, 9.17) is 15.2 Å². The molecule has 0 saturated carbocycles. The van der Waals surface area contributed by atoms with Crippen LogP contribution >= 0.6 is 0 Å². The number of hydrogen-bond acceptors (Lipinski definition) is 4. The molecule has 4 heteroatoms. The van der Waals surface area contributed by atoms with Gasteiger partial charge in [0.05, 0.1) is 23.3 Å². The maximum absolute atomic E-state index is 10.7. The Morgan fingerprint density at radius 3 is 2.47 bits per heavy atom. The van der Waals surface area contributed by atoms with Gasteiger partial charge in [-0.15, -0.1) is 0 Å². The van der Waals surface area contributed by atoms with Gasteiger partial charge in [0, 0.05) is 26.1 Å². The van der Waals surface area contributed by atoms with E-state index in [1.807, 2.05) is 0 Å². The predicted octanol–water partition coefficient (Wildman–Crippen LogP) is 0.177. The number of fused-ring (bicyclic) bond motifs is 2. The second-order valence-electron chi connectivity index (χ2n) is 5.21. The Hall–Kier alpha value is -0.160. The van der Waals surface area contributed by atoms with Crippen molar-refractivity contribution in [1.82, 2.24) is 0 Å². The van der Waals surface area contributed by atoms with E-state index in [1.54, 1.807) is 0 Å². The summed E-state index contributed by atoms with van der Waals surface area (Å²) >= 11 is 0. The molecule has 0 amide bonds. The van der Waals surface area contributed by atoms with Crippen LogP contribution in [0.4, 0.5) is 0 Å². The van der Waals surface area contributed by atoms with E-state index in [-0.39, 0.29) is 12.2 Å². The second kappa shape index (κ2) is 3.17. The number of ether oxygens (including phenoxy) is 2. The van der Waals surface area contributed by atoms with Gasteiger partial charge in [-0.3, -0.25) is 0 Å². The summed E-state index contributed by atoms with van der Waals surface area (Å²) < 4.78 is 11.1. The van der Waals surface area contributed by atoms with Crippen molar-refractivity contribution < 1.29 is 14.6 Å². The van der Waals surface area contributed by atoms with E-state index in [0.29, 0.717) is 26.1 Å². The molecule has 0 aromatic heterocycles. The van der Waals surface area contributed by atoms with Crippen LogP contribution in [0.3, 0.4) is 0 Å². The van der Waals surface area contributed by atoms with Gasteiger partial charge in [0.1, 0.15) is 0 Å². The molecule has 2 bridgehead atoms. The van der Waals surface area contributed by atoms with E-state index in [0.717, 1.165) is 19.3 Å². The fourth-order valence-corrected chi connectivity index (χ4v) is 3.41. The number of aliphatic hydroxyl groups is 1. The van der Waals surface area contributed by atoms with Crippen LogP contribution in [-0.2, 0) is 9.47 Å². The summed E-state index contributed by atoms with van der Waals surface area (Å²) in [5, 5.41) is 10.7. The first-order chi connectivity index (χ1) is 7.14. The van der Waals surface area contributed by atoms with Gasteiger partial charge in [-0.25, -0.2) is 0 Å². The largest absolute Gasteiger partial charge is 0.388 e. The SMILES string of the molecule is NC1(C2(O)CCOCC2)CC2CCC1O2. The van der Waals surface area contributed by atoms with Crippen LogP contribution in [0.2, 0.25) is 0 Å². The smallest absolute Gasteiger partial charge is 0.0896 e. The number of nitrogens with two attached hydrogens (primary N) is 1. The third-order valence-corrected chi connectivity index (χ3v) is 4.43. The Balaban J connectivity index is 1.85. The van der Waals surface area contributed by atoms with Crippen molar-refractivity contribution >= 4 is 0 Å². The van der Waals surface area contributed by atoms with Crippen molar-refractivity contribution in [1.29, 1.82) is 0 Å². The normalized spacial score (nSPS) is 48.4. The van der Waals surface area contributed by atoms with Crippen molar-refractivity contribution in [2.24, 2.45) is 5.73 Å². The van der Waals surface area contributed by atoms with Gasteiger partial charge in [-0.2, -0.15) is 0 Å². The van der Waals surface area contributed by atoms with Gasteiger partial charge < -0.3 is 20.3 Å². The first kappa shape index (κ1) is 10.0. The van der Waals surface area contributed by atoms with Crippen LogP contribution < -0.4 is 5.73 Å². The molecule has 0 aliphatic carbocycles. The van der Waals surface area contributed by atoms with Gasteiger partial charge in [-0.1, -0.05) is 0 Å². The van der Waals surface area contributed by atoms with Crippen molar-refractivity contribution in [3.05, 3.63) is 0 Å². The predicted molar refractivity (Wildman–Crippen MR) is 54.4 cm³/mol. The molecule has 3 aliphatic heterocycles. The minimum Gasteiger partial charge on any atom is -0.388 e. The lowest BCUT2D eigenvalue weighted by atomic mass is 9.67. The molecule has 15 heavy (non-hydrogen) atoms. The van der Waals surface area contributed by atoms with Crippen LogP contribution in [0.15, 0.2) is 0 Å². The Kier molecular flexibility index (Phi) is 2.12. The average Bonchev–Trinajstić information content (AvgIpc) is 2.79. The zero-order valence-corrected chi connectivity index (χ0v) is 8.95. The molecular formula is C11H19NO3. The third kappa shape index (κ3) is 1.29. The highest BCUT2D eigenvalue weighted by Crippen LogP contribution is 2.48. The summed E-state index contributed by atoms with van der Waals surface area (Å²) in [6.07, 6.45) is 4.57. The monoisotopic (exact) mass is 213 g/mol. The van der Waals surface area contributed by atoms with Crippen LogP contribution in [0.25, 0.3) is 0 Å². The molecule has 3 heterocycles. The standard InChI is InChI=1S/C11H19NO3/c12-11(7-8-1-2-9(11)15-8)10(13)3-5-14-6-4-10/h8-9,13H,1-7,12H2. The molecule has 0 aromatic carbocycles. The third-order valence-electron chi connectivity index (χ3n) is 4.43. The fraction of sp³-hybridized carbons (Fsp3) is 1.00. The summed E-state index contributed by atoms with van der Waals surface area (Å²) in [7, 11) is 0. The van der Waals surface area contributed by atoms with Gasteiger partial charge >= 0.3 is 0 Å². The van der Waals surface area contributed by atoms with Gasteiger partial charge in [0.25, 0.3) is 0 Å². The van der Waals surface area contributed by atoms with Crippen LogP contribution in [0, 0.1) is 0 Å². The topological polar surface area (TPSA) is 64.7 Å². The van der Waals surface area contributed by atoms with Crippen molar-refractivity contribution in [2.75, 3.05) is 13.2 Å². The van der Waals surface area contributed by atoms with Crippen molar-refractivity contribution in [3.63, 3.8) is 0 Å².